The molecule has 0 radical (unpaired) electrons. The lowest BCUT2D eigenvalue weighted by Gasteiger charge is -2.45. The van der Waals surface area contributed by atoms with E-state index >= 15 is 0 Å². The lowest BCUT2D eigenvalue weighted by Crippen LogP contribution is -2.60. The zero-order valence-electron chi connectivity index (χ0n) is 16.9. The Labute approximate surface area is 178 Å². The van der Waals surface area contributed by atoms with Gasteiger partial charge in [-0.3, -0.25) is 5.10 Å². The highest BCUT2D eigenvalue weighted by Gasteiger charge is 2.54. The Balaban J connectivity index is 1.40. The molecule has 1 aliphatic heterocycles. The van der Waals surface area contributed by atoms with Crippen LogP contribution in [0.25, 0.3) is 0 Å². The molecule has 7 nitrogen and oxygen atoms in total. The van der Waals surface area contributed by atoms with Gasteiger partial charge in [0.05, 0.1) is 13.1 Å². The smallest absolute Gasteiger partial charge is 0.196 e. The third-order valence-electron chi connectivity index (χ3n) is 5.55. The fourth-order valence-electron chi connectivity index (χ4n) is 3.70. The molecule has 3 heterocycles. The van der Waals surface area contributed by atoms with Crippen molar-refractivity contribution in [3.63, 3.8) is 0 Å². The zero-order chi connectivity index (χ0) is 20.7. The predicted octanol–water partition coefficient (Wildman–Crippen LogP) is 4.38. The number of anilines is 4. The highest BCUT2D eigenvalue weighted by molar-refractivity contribution is 7.99. The first-order valence-corrected chi connectivity index (χ1v) is 10.9. The van der Waals surface area contributed by atoms with Crippen molar-refractivity contribution in [2.45, 2.75) is 35.5 Å². The second-order valence-corrected chi connectivity index (χ2v) is 9.04. The van der Waals surface area contributed by atoms with Crippen LogP contribution >= 0.6 is 11.8 Å². The minimum atomic E-state index is -1.06. The summed E-state index contributed by atoms with van der Waals surface area (Å²) in [6.45, 7) is 2.74. The fraction of sp³-hybridized carbons (Fsp3) is 0.381. The van der Waals surface area contributed by atoms with E-state index in [0.29, 0.717) is 29.9 Å². The van der Waals surface area contributed by atoms with Gasteiger partial charge in [0.2, 0.25) is 0 Å². The van der Waals surface area contributed by atoms with Gasteiger partial charge >= 0.3 is 0 Å². The molecule has 5 rings (SSSR count). The zero-order valence-corrected chi connectivity index (χ0v) is 17.8. The van der Waals surface area contributed by atoms with E-state index < -0.39 is 5.67 Å². The lowest BCUT2D eigenvalue weighted by molar-refractivity contribution is 0.0924. The average Bonchev–Trinajstić information content (AvgIpc) is 3.49. The van der Waals surface area contributed by atoms with Crippen LogP contribution < -0.4 is 15.5 Å². The van der Waals surface area contributed by atoms with Crippen molar-refractivity contribution < 1.29 is 4.39 Å². The minimum Gasteiger partial charge on any atom is -0.388 e. The van der Waals surface area contributed by atoms with Crippen LogP contribution in [0.2, 0.25) is 0 Å². The third kappa shape index (κ3) is 3.94. The largest absolute Gasteiger partial charge is 0.388 e. The molecule has 1 saturated heterocycles. The number of nitrogens with one attached hydrogen (secondary N) is 3. The molecule has 156 valence electrons. The summed E-state index contributed by atoms with van der Waals surface area (Å²) in [5, 5.41) is 14.1. The maximum Gasteiger partial charge on any atom is 0.196 e. The first-order chi connectivity index (χ1) is 14.5. The topological polar surface area (TPSA) is 81.8 Å². The van der Waals surface area contributed by atoms with E-state index in [-0.39, 0.29) is 5.92 Å². The van der Waals surface area contributed by atoms with E-state index in [9.17, 15) is 4.39 Å². The number of aryl methyl sites for hydroxylation is 1. The molecule has 1 saturated carbocycles. The molecular weight excluding hydrogens is 401 g/mol. The van der Waals surface area contributed by atoms with Gasteiger partial charge in [0, 0.05) is 35.5 Å². The molecule has 30 heavy (non-hydrogen) atoms. The van der Waals surface area contributed by atoms with E-state index in [1.165, 1.54) is 11.8 Å². The Morgan fingerprint density at radius 2 is 1.90 bits per heavy atom. The molecule has 2 fully saturated rings. The number of hydrogen-bond donors (Lipinski definition) is 3. The van der Waals surface area contributed by atoms with Gasteiger partial charge in [-0.1, -0.05) is 0 Å². The first kappa shape index (κ1) is 19.2. The van der Waals surface area contributed by atoms with Gasteiger partial charge < -0.3 is 15.5 Å². The molecule has 2 aliphatic rings. The second kappa shape index (κ2) is 7.46. The van der Waals surface area contributed by atoms with Crippen molar-refractivity contribution >= 4 is 34.9 Å². The summed E-state index contributed by atoms with van der Waals surface area (Å²) in [5.41, 5.74) is 0.944. The van der Waals surface area contributed by atoms with Gasteiger partial charge in [-0.05, 0) is 61.7 Å². The summed E-state index contributed by atoms with van der Waals surface area (Å²) < 4.78 is 14.9. The predicted molar refractivity (Wildman–Crippen MR) is 118 cm³/mol. The molecular formula is C21H24FN7S. The van der Waals surface area contributed by atoms with Crippen LogP contribution in [-0.2, 0) is 0 Å². The van der Waals surface area contributed by atoms with Gasteiger partial charge in [-0.15, -0.1) is 0 Å². The summed E-state index contributed by atoms with van der Waals surface area (Å²) in [6.07, 6.45) is 2.01. The second-order valence-electron chi connectivity index (χ2n) is 8.00. The monoisotopic (exact) mass is 425 g/mol. The first-order valence-electron chi connectivity index (χ1n) is 10.1. The number of hydrogen-bond acceptors (Lipinski definition) is 7. The molecule has 0 spiro atoms. The molecule has 9 heteroatoms. The maximum atomic E-state index is 14.9. The number of rotatable bonds is 7. The average molecular weight is 426 g/mol. The quantitative estimate of drug-likeness (QED) is 0.485. The SMILES string of the molecule is CNc1ccc(Sc2nc(Nc3cc(C)[nH]n3)cc(N3CC(F)(C4CC4)C3)n2)cc1. The van der Waals surface area contributed by atoms with E-state index in [1.807, 2.05) is 55.3 Å². The van der Waals surface area contributed by atoms with Crippen LogP contribution in [0.5, 0.6) is 0 Å². The molecule has 3 aromatic rings. The molecule has 0 unspecified atom stereocenters. The van der Waals surface area contributed by atoms with Crippen molar-refractivity contribution in [1.29, 1.82) is 0 Å². The number of nitrogens with zero attached hydrogens (tertiary/aromatic N) is 4. The normalized spacial score (nSPS) is 17.5. The fourth-order valence-corrected chi connectivity index (χ4v) is 4.47. The Morgan fingerprint density at radius 3 is 2.53 bits per heavy atom. The van der Waals surface area contributed by atoms with Crippen LogP contribution in [0.15, 0.2) is 46.5 Å². The molecule has 0 atom stereocenters. The number of alkyl halides is 1. The van der Waals surface area contributed by atoms with Crippen LogP contribution in [0.1, 0.15) is 18.5 Å². The molecule has 1 aromatic carbocycles. The van der Waals surface area contributed by atoms with Crippen LogP contribution in [0.4, 0.5) is 27.5 Å². The number of benzene rings is 1. The van der Waals surface area contributed by atoms with E-state index in [2.05, 4.69) is 25.8 Å². The number of halogens is 1. The summed E-state index contributed by atoms with van der Waals surface area (Å²) in [5.74, 6) is 2.29. The third-order valence-corrected chi connectivity index (χ3v) is 6.42. The number of H-pyrrole nitrogens is 1. The highest BCUT2D eigenvalue weighted by Crippen LogP contribution is 2.48. The number of aromatic nitrogens is 4. The van der Waals surface area contributed by atoms with Gasteiger partial charge in [0.25, 0.3) is 0 Å². The Hall–Kier alpha value is -2.81. The van der Waals surface area contributed by atoms with Gasteiger partial charge in [-0.25, -0.2) is 14.4 Å². The van der Waals surface area contributed by atoms with Gasteiger partial charge in [0.15, 0.2) is 11.0 Å². The summed E-state index contributed by atoms with van der Waals surface area (Å²) in [4.78, 5) is 12.4. The molecule has 2 aromatic heterocycles. The van der Waals surface area contributed by atoms with Crippen LogP contribution in [0, 0.1) is 12.8 Å². The lowest BCUT2D eigenvalue weighted by atomic mass is 9.91. The van der Waals surface area contributed by atoms with E-state index in [1.54, 1.807) is 0 Å². The highest BCUT2D eigenvalue weighted by atomic mass is 32.2. The minimum absolute atomic E-state index is 0.222. The van der Waals surface area contributed by atoms with E-state index in [0.717, 1.165) is 34.9 Å². The Kier molecular flexibility index (Phi) is 4.77. The van der Waals surface area contributed by atoms with Crippen molar-refractivity contribution in [3.8, 4) is 0 Å². The van der Waals surface area contributed by atoms with Crippen molar-refractivity contribution in [2.75, 3.05) is 35.7 Å². The Bertz CT molecular complexity index is 1040. The Morgan fingerprint density at radius 1 is 1.13 bits per heavy atom. The van der Waals surface area contributed by atoms with Crippen molar-refractivity contribution in [3.05, 3.63) is 42.1 Å². The maximum absolute atomic E-state index is 14.9. The van der Waals surface area contributed by atoms with Crippen molar-refractivity contribution in [2.24, 2.45) is 5.92 Å². The van der Waals surface area contributed by atoms with Gasteiger partial charge in [0.1, 0.15) is 17.3 Å². The molecule has 1 aliphatic carbocycles. The molecule has 0 bridgehead atoms. The van der Waals surface area contributed by atoms with E-state index in [4.69, 9.17) is 4.98 Å². The van der Waals surface area contributed by atoms with Crippen LogP contribution in [-0.4, -0.2) is 46.0 Å². The number of aromatic amines is 1. The van der Waals surface area contributed by atoms with Gasteiger partial charge in [-0.2, -0.15) is 5.10 Å². The standard InChI is InChI=1S/C21H24FN7S/c1-13-9-18(28-27-13)24-17-10-19(29-11-21(22,12-29)14-3-4-14)26-20(25-17)30-16-7-5-15(23-2)6-8-16/h5-10,14,23H,3-4,11-12H2,1-2H3,(H2,24,25,26,27,28). The molecule has 0 amide bonds. The molecule has 3 N–H and O–H groups in total. The van der Waals surface area contributed by atoms with Crippen molar-refractivity contribution in [1.82, 2.24) is 20.2 Å². The summed E-state index contributed by atoms with van der Waals surface area (Å²) in [6, 6.07) is 11.9. The summed E-state index contributed by atoms with van der Waals surface area (Å²) in [7, 11) is 1.89. The summed E-state index contributed by atoms with van der Waals surface area (Å²) >= 11 is 1.48. The van der Waals surface area contributed by atoms with Crippen LogP contribution in [0.3, 0.4) is 0 Å².